The van der Waals surface area contributed by atoms with Gasteiger partial charge in [0, 0.05) is 28.0 Å². The lowest BCUT2D eigenvalue weighted by molar-refractivity contribution is -0.605. The van der Waals surface area contributed by atoms with E-state index in [9.17, 15) is 14.8 Å². The molecule has 0 saturated heterocycles. The fourth-order valence-electron chi connectivity index (χ4n) is 2.60. The van der Waals surface area contributed by atoms with E-state index in [2.05, 4.69) is 9.97 Å². The first kappa shape index (κ1) is 17.4. The van der Waals surface area contributed by atoms with Crippen LogP contribution in [0.1, 0.15) is 29.2 Å². The van der Waals surface area contributed by atoms with Crippen LogP contribution in [0.3, 0.4) is 0 Å². The molecule has 1 atom stereocenters. The third-order valence-electron chi connectivity index (χ3n) is 3.96. The largest absolute Gasteiger partial charge is 0.619 e. The number of aromatic amines is 1. The average molecular weight is 399 g/mol. The summed E-state index contributed by atoms with van der Waals surface area (Å²) in [6, 6.07) is 6.62. The first-order chi connectivity index (χ1) is 13.0. The third-order valence-corrected chi connectivity index (χ3v) is 5.73. The topological polar surface area (TPSA) is 99.0 Å². The molecule has 0 aliphatic heterocycles. The smallest absolute Gasteiger partial charge is 0.339 e. The Morgan fingerprint density at radius 1 is 1.30 bits per heavy atom. The van der Waals surface area contributed by atoms with Gasteiger partial charge in [0.1, 0.15) is 4.83 Å². The molecular formula is C18H13N3O4S2. The molecule has 0 aliphatic rings. The zero-order chi connectivity index (χ0) is 19.0. The lowest BCUT2D eigenvalue weighted by Gasteiger charge is -2.12. The summed E-state index contributed by atoms with van der Waals surface area (Å²) in [7, 11) is 0. The molecule has 0 unspecified atom stereocenters. The molecule has 0 bridgehead atoms. The van der Waals surface area contributed by atoms with Gasteiger partial charge in [-0.15, -0.1) is 22.7 Å². The van der Waals surface area contributed by atoms with E-state index >= 15 is 0 Å². The van der Waals surface area contributed by atoms with E-state index in [4.69, 9.17) is 4.74 Å². The zero-order valence-corrected chi connectivity index (χ0v) is 15.7. The van der Waals surface area contributed by atoms with E-state index in [1.54, 1.807) is 18.3 Å². The molecule has 0 aromatic carbocycles. The van der Waals surface area contributed by atoms with Crippen LogP contribution in [0.2, 0.25) is 0 Å². The van der Waals surface area contributed by atoms with Gasteiger partial charge in [-0.2, -0.15) is 4.73 Å². The molecule has 136 valence electrons. The Morgan fingerprint density at radius 2 is 2.07 bits per heavy atom. The van der Waals surface area contributed by atoms with Gasteiger partial charge in [0.15, 0.2) is 24.3 Å². The van der Waals surface area contributed by atoms with Crippen LogP contribution in [0.4, 0.5) is 0 Å². The standard InChI is InChI=1S/C18H13N3O4S2/c1-10(25-18(23)11-4-6-21(24)7-5-11)15-19-16(22)14-12(9-27-17(14)20-15)13-3-2-8-26-13/h2-10H,1H3,(H,19,20,22)/t10-/m1/s1. The van der Waals surface area contributed by atoms with Crippen molar-refractivity contribution in [1.29, 1.82) is 0 Å². The van der Waals surface area contributed by atoms with Gasteiger partial charge in [-0.3, -0.25) is 4.79 Å². The number of hydrogen-bond acceptors (Lipinski definition) is 7. The normalized spacial score (nSPS) is 12.2. The van der Waals surface area contributed by atoms with Crippen molar-refractivity contribution >= 4 is 38.9 Å². The molecule has 4 heterocycles. The number of nitrogens with zero attached hydrogens (tertiary/aromatic N) is 2. The number of nitrogens with one attached hydrogen (secondary N) is 1. The number of fused-ring (bicyclic) bond motifs is 1. The van der Waals surface area contributed by atoms with Crippen LogP contribution < -0.4 is 10.3 Å². The van der Waals surface area contributed by atoms with Crippen LogP contribution >= 0.6 is 22.7 Å². The van der Waals surface area contributed by atoms with Crippen molar-refractivity contribution in [2.75, 3.05) is 0 Å². The third kappa shape index (κ3) is 3.34. The number of thiophene rings is 2. The fourth-order valence-corrected chi connectivity index (χ4v) is 4.37. The molecule has 0 aliphatic carbocycles. The summed E-state index contributed by atoms with van der Waals surface area (Å²) < 4.78 is 5.95. The Bertz CT molecular complexity index is 1160. The minimum Gasteiger partial charge on any atom is -0.619 e. The van der Waals surface area contributed by atoms with Gasteiger partial charge in [-0.1, -0.05) is 6.07 Å². The number of rotatable bonds is 4. The number of esters is 1. The van der Waals surface area contributed by atoms with Crippen LogP contribution in [0.5, 0.6) is 0 Å². The van der Waals surface area contributed by atoms with Crippen molar-refractivity contribution in [2.24, 2.45) is 0 Å². The van der Waals surface area contributed by atoms with Crippen molar-refractivity contribution in [3.63, 3.8) is 0 Å². The number of pyridine rings is 1. The second-order valence-electron chi connectivity index (χ2n) is 5.75. The molecule has 4 aromatic rings. The van der Waals surface area contributed by atoms with Crippen LogP contribution in [0.25, 0.3) is 20.7 Å². The molecule has 0 fully saturated rings. The van der Waals surface area contributed by atoms with E-state index in [-0.39, 0.29) is 16.9 Å². The summed E-state index contributed by atoms with van der Waals surface area (Å²) >= 11 is 2.93. The molecule has 4 rings (SSSR count). The minimum atomic E-state index is -0.749. The fraction of sp³-hybridized carbons (Fsp3) is 0.111. The van der Waals surface area contributed by atoms with Crippen LogP contribution in [-0.2, 0) is 4.74 Å². The highest BCUT2D eigenvalue weighted by Gasteiger charge is 2.19. The Labute approximate surface area is 161 Å². The van der Waals surface area contributed by atoms with E-state index in [1.165, 1.54) is 35.9 Å². The Hall–Kier alpha value is -3.04. The molecule has 1 N–H and O–H groups in total. The number of ether oxygens (including phenoxy) is 1. The number of carbonyl (C=O) groups is 1. The predicted octanol–water partition coefficient (Wildman–Crippen LogP) is 3.26. The molecule has 7 nitrogen and oxygen atoms in total. The van der Waals surface area contributed by atoms with E-state index in [1.807, 2.05) is 22.9 Å². The molecule has 0 amide bonds. The Kier molecular flexibility index (Phi) is 4.46. The van der Waals surface area contributed by atoms with Gasteiger partial charge >= 0.3 is 5.97 Å². The second kappa shape index (κ2) is 6.93. The minimum absolute atomic E-state index is 0.244. The van der Waals surface area contributed by atoms with Crippen molar-refractivity contribution < 1.29 is 14.3 Å². The van der Waals surface area contributed by atoms with E-state index in [0.717, 1.165) is 10.4 Å². The maximum Gasteiger partial charge on any atom is 0.339 e. The quantitative estimate of drug-likeness (QED) is 0.323. The summed E-state index contributed by atoms with van der Waals surface area (Å²) in [5, 5.41) is 15.4. The van der Waals surface area contributed by atoms with Crippen LogP contribution in [-0.4, -0.2) is 15.9 Å². The molecule has 27 heavy (non-hydrogen) atoms. The number of aromatic nitrogens is 3. The average Bonchev–Trinajstić information content (AvgIpc) is 3.31. The molecule has 9 heteroatoms. The first-order valence-corrected chi connectivity index (χ1v) is 9.74. The van der Waals surface area contributed by atoms with Crippen molar-refractivity contribution in [3.8, 4) is 10.4 Å². The van der Waals surface area contributed by atoms with E-state index < -0.39 is 12.1 Å². The maximum atomic E-state index is 12.6. The first-order valence-electron chi connectivity index (χ1n) is 7.98. The monoisotopic (exact) mass is 399 g/mol. The summed E-state index contributed by atoms with van der Waals surface area (Å²) in [6.45, 7) is 1.63. The summed E-state index contributed by atoms with van der Waals surface area (Å²) in [5.41, 5.74) is 0.827. The molecule has 0 spiro atoms. The van der Waals surface area contributed by atoms with Crippen LogP contribution in [0, 0.1) is 5.21 Å². The van der Waals surface area contributed by atoms with E-state index in [0.29, 0.717) is 14.9 Å². The van der Waals surface area contributed by atoms with Crippen molar-refractivity contribution in [3.05, 3.63) is 74.4 Å². The van der Waals surface area contributed by atoms with Gasteiger partial charge in [0.2, 0.25) is 0 Å². The van der Waals surface area contributed by atoms with Crippen LogP contribution in [0.15, 0.2) is 52.2 Å². The van der Waals surface area contributed by atoms with Gasteiger partial charge in [-0.05, 0) is 18.4 Å². The predicted molar refractivity (Wildman–Crippen MR) is 103 cm³/mol. The highest BCUT2D eigenvalue weighted by Crippen LogP contribution is 2.33. The molecular weight excluding hydrogens is 386 g/mol. The molecule has 0 saturated carbocycles. The molecule has 0 radical (unpaired) electrons. The Balaban J connectivity index is 1.63. The van der Waals surface area contributed by atoms with Gasteiger partial charge in [0.05, 0.1) is 10.9 Å². The highest BCUT2D eigenvalue weighted by molar-refractivity contribution is 7.18. The van der Waals surface area contributed by atoms with Gasteiger partial charge in [0.25, 0.3) is 5.56 Å². The second-order valence-corrected chi connectivity index (χ2v) is 7.56. The summed E-state index contributed by atoms with van der Waals surface area (Å²) in [4.78, 5) is 33.6. The van der Waals surface area contributed by atoms with Gasteiger partial charge < -0.3 is 14.9 Å². The van der Waals surface area contributed by atoms with Crippen molar-refractivity contribution in [1.82, 2.24) is 9.97 Å². The molecule has 4 aromatic heterocycles. The SMILES string of the molecule is C[C@@H](OC(=O)c1cc[n+]([O-])cc1)c1nc2scc(-c3cccs3)c2c(=O)[nH]1. The summed E-state index contributed by atoms with van der Waals surface area (Å²) in [5.74, 6) is -0.327. The maximum absolute atomic E-state index is 12.6. The van der Waals surface area contributed by atoms with Crippen molar-refractivity contribution in [2.45, 2.75) is 13.0 Å². The number of hydrogen-bond donors (Lipinski definition) is 1. The highest BCUT2D eigenvalue weighted by atomic mass is 32.1. The zero-order valence-electron chi connectivity index (χ0n) is 14.0. The summed E-state index contributed by atoms with van der Waals surface area (Å²) in [6.07, 6.45) is 1.68. The lowest BCUT2D eigenvalue weighted by Crippen LogP contribution is -2.24. The van der Waals surface area contributed by atoms with Gasteiger partial charge in [-0.25, -0.2) is 9.78 Å². The lowest BCUT2D eigenvalue weighted by atomic mass is 10.2. The number of H-pyrrole nitrogens is 1. The Morgan fingerprint density at radius 3 is 2.78 bits per heavy atom. The number of carbonyl (C=O) groups excluding carboxylic acids is 1.